The lowest BCUT2D eigenvalue weighted by Gasteiger charge is -2.18. The number of benzene rings is 2. The smallest absolute Gasteiger partial charge is 0.195 e. The number of likely N-dealkylation sites (tertiary alicyclic amines) is 1. The van der Waals surface area contributed by atoms with Gasteiger partial charge in [0.25, 0.3) is 0 Å². The monoisotopic (exact) mass is 552 g/mol. The van der Waals surface area contributed by atoms with E-state index in [0.717, 1.165) is 49.9 Å². The van der Waals surface area contributed by atoms with E-state index in [1.54, 1.807) is 14.2 Å². The van der Waals surface area contributed by atoms with Crippen LogP contribution < -0.4 is 15.4 Å². The summed E-state index contributed by atoms with van der Waals surface area (Å²) in [5.41, 5.74) is 2.38. The number of halogens is 1. The molecular formula is C25H37IN4O2. The first kappa shape index (κ1) is 26.4. The van der Waals surface area contributed by atoms with E-state index >= 15 is 0 Å². The van der Waals surface area contributed by atoms with Gasteiger partial charge in [0.15, 0.2) is 5.96 Å². The van der Waals surface area contributed by atoms with Gasteiger partial charge in [-0.25, -0.2) is 0 Å². The van der Waals surface area contributed by atoms with Crippen LogP contribution in [0.5, 0.6) is 5.75 Å². The van der Waals surface area contributed by atoms with Crippen molar-refractivity contribution in [2.24, 2.45) is 10.9 Å². The van der Waals surface area contributed by atoms with Gasteiger partial charge in [-0.2, -0.15) is 0 Å². The van der Waals surface area contributed by atoms with E-state index in [1.165, 1.54) is 18.5 Å². The Morgan fingerprint density at radius 2 is 1.97 bits per heavy atom. The zero-order valence-corrected chi connectivity index (χ0v) is 21.6. The van der Waals surface area contributed by atoms with Crippen LogP contribution in [0.15, 0.2) is 59.6 Å². The van der Waals surface area contributed by atoms with Crippen molar-refractivity contribution < 1.29 is 9.47 Å². The van der Waals surface area contributed by atoms with Gasteiger partial charge in [0.1, 0.15) is 5.75 Å². The summed E-state index contributed by atoms with van der Waals surface area (Å²) in [6, 6.07) is 18.7. The standard InChI is InChI=1S/C25H36N4O2.HI/c1-26-25(28-23-10-6-11-24(18-23)31-17-7-16-30-2)27-19-22-13-15-29(20-22)14-12-21-8-4-3-5-9-21;/h3-6,8-11,18,22H,7,12-17,19-20H2,1-2H3,(H2,26,27,28);1H. The number of anilines is 1. The third-order valence-electron chi connectivity index (χ3n) is 5.57. The largest absolute Gasteiger partial charge is 0.493 e. The van der Waals surface area contributed by atoms with E-state index in [2.05, 4.69) is 50.9 Å². The molecule has 0 amide bonds. The zero-order chi connectivity index (χ0) is 21.7. The minimum absolute atomic E-state index is 0. The van der Waals surface area contributed by atoms with Crippen LogP contribution in [-0.4, -0.2) is 64.4 Å². The average molecular weight is 553 g/mol. The SMILES string of the molecule is CN=C(NCC1CCN(CCc2ccccc2)C1)Nc1cccc(OCCCOC)c1.I. The second-order valence-electron chi connectivity index (χ2n) is 7.99. The van der Waals surface area contributed by atoms with E-state index in [4.69, 9.17) is 9.47 Å². The van der Waals surface area contributed by atoms with E-state index in [9.17, 15) is 0 Å². The molecule has 1 heterocycles. The molecule has 0 aromatic heterocycles. The Kier molecular flexibility index (Phi) is 12.4. The first-order valence-corrected chi connectivity index (χ1v) is 11.2. The highest BCUT2D eigenvalue weighted by Gasteiger charge is 2.22. The molecule has 0 saturated carbocycles. The zero-order valence-electron chi connectivity index (χ0n) is 19.3. The Morgan fingerprint density at radius 1 is 1.12 bits per heavy atom. The molecule has 1 atom stereocenters. The molecule has 7 heteroatoms. The molecule has 1 aliphatic rings. The molecule has 32 heavy (non-hydrogen) atoms. The molecule has 6 nitrogen and oxygen atoms in total. The Morgan fingerprint density at radius 3 is 2.75 bits per heavy atom. The third kappa shape index (κ3) is 9.34. The fourth-order valence-corrected chi connectivity index (χ4v) is 3.83. The molecule has 2 aromatic carbocycles. The number of hydrogen-bond donors (Lipinski definition) is 2. The molecule has 0 spiro atoms. The van der Waals surface area contributed by atoms with Gasteiger partial charge in [-0.3, -0.25) is 4.99 Å². The molecule has 1 aliphatic heterocycles. The van der Waals surface area contributed by atoms with Crippen LogP contribution in [0.2, 0.25) is 0 Å². The van der Waals surface area contributed by atoms with Crippen LogP contribution in [0.25, 0.3) is 0 Å². The maximum Gasteiger partial charge on any atom is 0.195 e. The lowest BCUT2D eigenvalue weighted by molar-refractivity contribution is 0.172. The van der Waals surface area contributed by atoms with Gasteiger partial charge >= 0.3 is 0 Å². The highest BCUT2D eigenvalue weighted by molar-refractivity contribution is 14.0. The van der Waals surface area contributed by atoms with Gasteiger partial charge in [0, 0.05) is 58.6 Å². The molecule has 0 aliphatic carbocycles. The Balaban J connectivity index is 0.00000363. The summed E-state index contributed by atoms with van der Waals surface area (Å²) in [4.78, 5) is 6.95. The predicted octanol–water partition coefficient (Wildman–Crippen LogP) is 4.27. The van der Waals surface area contributed by atoms with Crippen LogP contribution >= 0.6 is 24.0 Å². The molecule has 2 aromatic rings. The molecule has 3 rings (SSSR count). The first-order valence-electron chi connectivity index (χ1n) is 11.2. The summed E-state index contributed by atoms with van der Waals surface area (Å²) in [7, 11) is 3.51. The average Bonchev–Trinajstić information content (AvgIpc) is 3.27. The topological polar surface area (TPSA) is 58.1 Å². The molecule has 176 valence electrons. The van der Waals surface area contributed by atoms with E-state index in [0.29, 0.717) is 19.1 Å². The Bertz CT molecular complexity index is 804. The minimum Gasteiger partial charge on any atom is -0.493 e. The van der Waals surface area contributed by atoms with Gasteiger partial charge in [-0.05, 0) is 43.0 Å². The summed E-state index contributed by atoms with van der Waals surface area (Å²) in [6.07, 6.45) is 3.22. The molecule has 1 saturated heterocycles. The number of nitrogens with zero attached hydrogens (tertiary/aromatic N) is 2. The second kappa shape index (κ2) is 15.1. The quantitative estimate of drug-likeness (QED) is 0.189. The number of ether oxygens (including phenoxy) is 2. The number of hydrogen-bond acceptors (Lipinski definition) is 4. The molecule has 0 bridgehead atoms. The van der Waals surface area contributed by atoms with Gasteiger partial charge < -0.3 is 25.0 Å². The van der Waals surface area contributed by atoms with Crippen LogP contribution in [0, 0.1) is 5.92 Å². The van der Waals surface area contributed by atoms with Crippen molar-refractivity contribution in [2.75, 3.05) is 58.9 Å². The lowest BCUT2D eigenvalue weighted by Crippen LogP contribution is -2.35. The van der Waals surface area contributed by atoms with Gasteiger partial charge in [-0.15, -0.1) is 24.0 Å². The summed E-state index contributed by atoms with van der Waals surface area (Å²) >= 11 is 0. The minimum atomic E-state index is 0. The van der Waals surface area contributed by atoms with Crippen molar-refractivity contribution in [3.63, 3.8) is 0 Å². The summed E-state index contributed by atoms with van der Waals surface area (Å²) in [5, 5.41) is 6.86. The van der Waals surface area contributed by atoms with Crippen molar-refractivity contribution in [1.29, 1.82) is 0 Å². The summed E-state index contributed by atoms with van der Waals surface area (Å²) < 4.78 is 10.8. The van der Waals surface area contributed by atoms with Crippen molar-refractivity contribution >= 4 is 35.6 Å². The van der Waals surface area contributed by atoms with Crippen LogP contribution in [-0.2, 0) is 11.2 Å². The van der Waals surface area contributed by atoms with Crippen molar-refractivity contribution in [1.82, 2.24) is 10.2 Å². The first-order chi connectivity index (χ1) is 15.3. The number of guanidine groups is 1. The van der Waals surface area contributed by atoms with Crippen LogP contribution in [0.3, 0.4) is 0 Å². The van der Waals surface area contributed by atoms with E-state index < -0.39 is 0 Å². The van der Waals surface area contributed by atoms with Crippen molar-refractivity contribution in [2.45, 2.75) is 19.3 Å². The Labute approximate surface area is 209 Å². The maximum absolute atomic E-state index is 5.79. The molecule has 1 fully saturated rings. The maximum atomic E-state index is 5.79. The number of methoxy groups -OCH3 is 1. The Hall–Kier alpha value is -1.84. The number of nitrogens with one attached hydrogen (secondary N) is 2. The molecule has 2 N–H and O–H groups in total. The van der Waals surface area contributed by atoms with Crippen LogP contribution in [0.1, 0.15) is 18.4 Å². The normalized spacial score (nSPS) is 16.4. The van der Waals surface area contributed by atoms with Gasteiger partial charge in [0.05, 0.1) is 6.61 Å². The molecular weight excluding hydrogens is 515 g/mol. The highest BCUT2D eigenvalue weighted by atomic mass is 127. The predicted molar refractivity (Wildman–Crippen MR) is 144 cm³/mol. The lowest BCUT2D eigenvalue weighted by atomic mass is 10.1. The van der Waals surface area contributed by atoms with Gasteiger partial charge in [0.2, 0.25) is 0 Å². The highest BCUT2D eigenvalue weighted by Crippen LogP contribution is 2.18. The molecule has 1 unspecified atom stereocenters. The third-order valence-corrected chi connectivity index (χ3v) is 5.57. The fourth-order valence-electron chi connectivity index (χ4n) is 3.83. The second-order valence-corrected chi connectivity index (χ2v) is 7.99. The number of aliphatic imine (C=N–C) groups is 1. The van der Waals surface area contributed by atoms with Crippen molar-refractivity contribution in [3.05, 3.63) is 60.2 Å². The number of rotatable bonds is 11. The van der Waals surface area contributed by atoms with Crippen LogP contribution in [0.4, 0.5) is 5.69 Å². The molecule has 0 radical (unpaired) electrons. The fraction of sp³-hybridized carbons (Fsp3) is 0.480. The van der Waals surface area contributed by atoms with E-state index in [1.807, 2.05) is 24.3 Å². The summed E-state index contributed by atoms with van der Waals surface area (Å²) in [5.74, 6) is 2.28. The van der Waals surface area contributed by atoms with E-state index in [-0.39, 0.29) is 24.0 Å². The van der Waals surface area contributed by atoms with Gasteiger partial charge in [-0.1, -0.05) is 36.4 Å². The van der Waals surface area contributed by atoms with Crippen molar-refractivity contribution in [3.8, 4) is 5.75 Å². The summed E-state index contributed by atoms with van der Waals surface area (Å²) in [6.45, 7) is 5.72.